The molecule has 0 spiro atoms. The highest BCUT2D eigenvalue weighted by atomic mass is 19.1. The zero-order valence-corrected chi connectivity index (χ0v) is 15.6. The Hall–Kier alpha value is -3.68. The summed E-state index contributed by atoms with van der Waals surface area (Å²) in [5.41, 5.74) is 1.56. The number of aryl methyl sites for hydroxylation is 1. The highest BCUT2D eigenvalue weighted by Gasteiger charge is 2.15. The van der Waals surface area contributed by atoms with Gasteiger partial charge in [-0.2, -0.15) is 0 Å². The molecule has 1 aliphatic rings. The normalized spacial score (nSPS) is 12.1. The van der Waals surface area contributed by atoms with E-state index in [9.17, 15) is 14.0 Å². The van der Waals surface area contributed by atoms with Crippen molar-refractivity contribution in [2.45, 2.75) is 20.0 Å². The lowest BCUT2D eigenvalue weighted by atomic mass is 10.2. The van der Waals surface area contributed by atoms with Crippen LogP contribution in [0.5, 0.6) is 11.5 Å². The molecule has 3 aromatic rings. The molecule has 1 amide bonds. The molecule has 4 rings (SSSR count). The van der Waals surface area contributed by atoms with Crippen LogP contribution in [-0.2, 0) is 17.9 Å². The molecule has 1 aromatic heterocycles. The Kier molecular flexibility index (Phi) is 4.99. The number of amides is 1. The summed E-state index contributed by atoms with van der Waals surface area (Å²) in [7, 11) is 0. The van der Waals surface area contributed by atoms with E-state index < -0.39 is 5.82 Å². The fourth-order valence-electron chi connectivity index (χ4n) is 3.04. The lowest BCUT2D eigenvalue weighted by Crippen LogP contribution is -2.33. The zero-order valence-electron chi connectivity index (χ0n) is 15.6. The maximum absolute atomic E-state index is 13.2. The van der Waals surface area contributed by atoms with E-state index in [0.717, 1.165) is 5.56 Å². The summed E-state index contributed by atoms with van der Waals surface area (Å²) in [6, 6.07) is 12.4. The first kappa shape index (κ1) is 18.7. The molecule has 0 fully saturated rings. The van der Waals surface area contributed by atoms with Crippen LogP contribution in [0.2, 0.25) is 0 Å². The summed E-state index contributed by atoms with van der Waals surface area (Å²) < 4.78 is 25.1. The van der Waals surface area contributed by atoms with Crippen molar-refractivity contribution in [3.05, 3.63) is 76.0 Å². The highest BCUT2D eigenvalue weighted by Crippen LogP contribution is 2.32. The third kappa shape index (κ3) is 4.11. The first-order chi connectivity index (χ1) is 14.0. The third-order valence-corrected chi connectivity index (χ3v) is 4.47. The van der Waals surface area contributed by atoms with Gasteiger partial charge in [0.1, 0.15) is 18.2 Å². The summed E-state index contributed by atoms with van der Waals surface area (Å²) in [5, 5.41) is 2.79. The Morgan fingerprint density at radius 1 is 1.14 bits per heavy atom. The minimum Gasteiger partial charge on any atom is -0.454 e. The van der Waals surface area contributed by atoms with Gasteiger partial charge in [-0.1, -0.05) is 6.07 Å². The Bertz CT molecular complexity index is 1130. The smallest absolute Gasteiger partial charge is 0.254 e. The number of nitrogens with zero attached hydrogens (tertiary/aromatic N) is 2. The van der Waals surface area contributed by atoms with Crippen LogP contribution in [0.1, 0.15) is 11.3 Å². The molecule has 2 aromatic carbocycles. The molecule has 0 saturated carbocycles. The van der Waals surface area contributed by atoms with Gasteiger partial charge in [-0.25, -0.2) is 9.37 Å². The topological polar surface area (TPSA) is 82.5 Å². The van der Waals surface area contributed by atoms with Gasteiger partial charge in [-0.15, -0.1) is 0 Å². The summed E-state index contributed by atoms with van der Waals surface area (Å²) in [6.07, 6.45) is 0. The number of ether oxygens (including phenoxy) is 2. The first-order valence-electron chi connectivity index (χ1n) is 8.99. The number of benzene rings is 2. The number of carbonyl (C=O) groups is 1. The maximum Gasteiger partial charge on any atom is 0.254 e. The van der Waals surface area contributed by atoms with Crippen LogP contribution < -0.4 is 20.3 Å². The van der Waals surface area contributed by atoms with Crippen molar-refractivity contribution in [3.63, 3.8) is 0 Å². The Morgan fingerprint density at radius 2 is 1.90 bits per heavy atom. The average molecular weight is 395 g/mol. The lowest BCUT2D eigenvalue weighted by Gasteiger charge is -2.13. The van der Waals surface area contributed by atoms with Crippen molar-refractivity contribution in [3.8, 4) is 22.9 Å². The van der Waals surface area contributed by atoms with Gasteiger partial charge in [0.25, 0.3) is 5.56 Å². The van der Waals surface area contributed by atoms with Gasteiger partial charge in [-0.05, 0) is 48.9 Å². The Balaban J connectivity index is 1.52. The lowest BCUT2D eigenvalue weighted by molar-refractivity contribution is -0.121. The predicted molar refractivity (Wildman–Crippen MR) is 103 cm³/mol. The van der Waals surface area contributed by atoms with Crippen LogP contribution >= 0.6 is 0 Å². The molecule has 1 aliphatic heterocycles. The molecule has 0 atom stereocenters. The van der Waals surface area contributed by atoms with Crippen molar-refractivity contribution < 1.29 is 18.7 Å². The van der Waals surface area contributed by atoms with Gasteiger partial charge in [-0.3, -0.25) is 14.2 Å². The second kappa shape index (κ2) is 7.75. The quantitative estimate of drug-likeness (QED) is 0.717. The van der Waals surface area contributed by atoms with Gasteiger partial charge in [0.05, 0.1) is 0 Å². The maximum atomic E-state index is 13.2. The molecule has 0 unspecified atom stereocenters. The third-order valence-electron chi connectivity index (χ3n) is 4.47. The fourth-order valence-corrected chi connectivity index (χ4v) is 3.04. The molecule has 8 heteroatoms. The Labute approximate surface area is 165 Å². The number of aromatic nitrogens is 2. The molecule has 29 heavy (non-hydrogen) atoms. The van der Waals surface area contributed by atoms with Crippen LogP contribution in [0.15, 0.2) is 53.3 Å². The predicted octanol–water partition coefficient (Wildman–Crippen LogP) is 2.40. The zero-order chi connectivity index (χ0) is 20.4. The van der Waals surface area contributed by atoms with E-state index in [1.807, 2.05) is 6.07 Å². The molecule has 2 heterocycles. The van der Waals surface area contributed by atoms with E-state index >= 15 is 0 Å². The van der Waals surface area contributed by atoms with Gasteiger partial charge >= 0.3 is 0 Å². The highest BCUT2D eigenvalue weighted by molar-refractivity contribution is 5.76. The summed E-state index contributed by atoms with van der Waals surface area (Å²) in [6.45, 7) is 1.94. The van der Waals surface area contributed by atoms with Gasteiger partial charge in [0, 0.05) is 23.9 Å². The minimum absolute atomic E-state index is 0.181. The van der Waals surface area contributed by atoms with Gasteiger partial charge < -0.3 is 14.8 Å². The van der Waals surface area contributed by atoms with Gasteiger partial charge in [0.2, 0.25) is 12.7 Å². The number of rotatable bonds is 5. The molecule has 1 N–H and O–H groups in total. The summed E-state index contributed by atoms with van der Waals surface area (Å²) >= 11 is 0. The molecule has 0 radical (unpaired) electrons. The standard InChI is InChI=1S/C21H18FN3O4/c1-13-8-20(27)25(21(24-13)15-3-5-16(22)6-4-15)11-19(26)23-10-14-2-7-17-18(9-14)29-12-28-17/h2-9H,10-12H2,1H3,(H,23,26). The van der Waals surface area contributed by atoms with Crippen LogP contribution in [0.4, 0.5) is 4.39 Å². The van der Waals surface area contributed by atoms with Crippen LogP contribution in [0.3, 0.4) is 0 Å². The van der Waals surface area contributed by atoms with E-state index in [4.69, 9.17) is 9.47 Å². The van der Waals surface area contributed by atoms with Crippen LogP contribution in [-0.4, -0.2) is 22.3 Å². The Morgan fingerprint density at radius 3 is 2.69 bits per heavy atom. The number of hydrogen-bond donors (Lipinski definition) is 1. The van der Waals surface area contributed by atoms with Crippen molar-refractivity contribution in [1.29, 1.82) is 0 Å². The molecule has 0 saturated heterocycles. The van der Waals surface area contributed by atoms with E-state index in [1.165, 1.54) is 34.9 Å². The second-order valence-electron chi connectivity index (χ2n) is 6.62. The van der Waals surface area contributed by atoms with E-state index in [-0.39, 0.29) is 31.3 Å². The molecule has 0 aliphatic carbocycles. The summed E-state index contributed by atoms with van der Waals surface area (Å²) in [4.78, 5) is 29.3. The van der Waals surface area contributed by atoms with Crippen LogP contribution in [0.25, 0.3) is 11.4 Å². The van der Waals surface area contributed by atoms with Crippen molar-refractivity contribution >= 4 is 5.91 Å². The first-order valence-corrected chi connectivity index (χ1v) is 8.99. The van der Waals surface area contributed by atoms with Crippen LogP contribution in [0, 0.1) is 12.7 Å². The average Bonchev–Trinajstić information content (AvgIpc) is 3.17. The number of carbonyl (C=O) groups excluding carboxylic acids is 1. The van der Waals surface area contributed by atoms with Gasteiger partial charge in [0.15, 0.2) is 11.5 Å². The van der Waals surface area contributed by atoms with E-state index in [0.29, 0.717) is 28.6 Å². The molecule has 148 valence electrons. The molecular formula is C21H18FN3O4. The largest absolute Gasteiger partial charge is 0.454 e. The fraction of sp³-hybridized carbons (Fsp3) is 0.190. The SMILES string of the molecule is Cc1cc(=O)n(CC(=O)NCc2ccc3c(c2)OCO3)c(-c2ccc(F)cc2)n1. The minimum atomic E-state index is -0.392. The van der Waals surface area contributed by atoms with Crippen molar-refractivity contribution in [2.24, 2.45) is 0 Å². The molecule has 0 bridgehead atoms. The number of halogens is 1. The number of nitrogens with one attached hydrogen (secondary N) is 1. The number of hydrogen-bond acceptors (Lipinski definition) is 5. The molecular weight excluding hydrogens is 377 g/mol. The van der Waals surface area contributed by atoms with E-state index in [2.05, 4.69) is 10.3 Å². The monoisotopic (exact) mass is 395 g/mol. The second-order valence-corrected chi connectivity index (χ2v) is 6.62. The molecule has 7 nitrogen and oxygen atoms in total. The van der Waals surface area contributed by atoms with E-state index in [1.54, 1.807) is 19.1 Å². The number of fused-ring (bicyclic) bond motifs is 1. The van der Waals surface area contributed by atoms with Crippen molar-refractivity contribution in [1.82, 2.24) is 14.9 Å². The summed E-state index contributed by atoms with van der Waals surface area (Å²) in [5.74, 6) is 0.874. The van der Waals surface area contributed by atoms with Crippen molar-refractivity contribution in [2.75, 3.05) is 6.79 Å².